The summed E-state index contributed by atoms with van der Waals surface area (Å²) >= 11 is 13.9. The Balaban J connectivity index is 2.00. The maximum atomic E-state index is 6.14. The molecule has 1 aliphatic rings. The normalized spacial score (nSPS) is 25.7. The van der Waals surface area contributed by atoms with E-state index in [0.29, 0.717) is 11.3 Å². The third-order valence-electron chi connectivity index (χ3n) is 2.91. The minimum Gasteiger partial charge on any atom is -0.328 e. The third kappa shape index (κ3) is 3.30. The lowest BCUT2D eigenvalue weighted by Gasteiger charge is -2.25. The minimum atomic E-state index is 0.395. The Morgan fingerprint density at radius 1 is 1.12 bits per heavy atom. The molecule has 0 amide bonds. The van der Waals surface area contributed by atoms with Gasteiger partial charge in [0.1, 0.15) is 0 Å². The number of rotatable bonds is 2. The summed E-state index contributed by atoms with van der Waals surface area (Å²) in [4.78, 5) is 1.09. The second-order valence-corrected chi connectivity index (χ2v) is 6.42. The number of halogens is 2. The number of hydrogen-bond acceptors (Lipinski definition) is 2. The highest BCUT2D eigenvalue weighted by Gasteiger charge is 2.20. The first-order valence-electron chi connectivity index (χ1n) is 5.52. The maximum absolute atomic E-state index is 6.14. The molecule has 0 unspecified atom stereocenters. The Hall–Kier alpha value is 0.110. The van der Waals surface area contributed by atoms with Gasteiger partial charge in [0, 0.05) is 21.2 Å². The van der Waals surface area contributed by atoms with Gasteiger partial charge in [0.15, 0.2) is 0 Å². The number of benzene rings is 1. The van der Waals surface area contributed by atoms with E-state index >= 15 is 0 Å². The SMILES string of the molecule is NC1CCC(Sc2cc(Cl)ccc2Cl)CC1. The summed E-state index contributed by atoms with van der Waals surface area (Å²) in [7, 11) is 0. The van der Waals surface area contributed by atoms with Crippen LogP contribution in [-0.4, -0.2) is 11.3 Å². The van der Waals surface area contributed by atoms with Crippen molar-refractivity contribution >= 4 is 35.0 Å². The predicted molar refractivity (Wildman–Crippen MR) is 72.6 cm³/mol. The number of nitrogens with two attached hydrogens (primary N) is 1. The van der Waals surface area contributed by atoms with Gasteiger partial charge in [0.2, 0.25) is 0 Å². The molecule has 1 aliphatic carbocycles. The summed E-state index contributed by atoms with van der Waals surface area (Å²) in [5, 5.41) is 2.18. The molecule has 1 aromatic rings. The van der Waals surface area contributed by atoms with Crippen LogP contribution in [0.3, 0.4) is 0 Å². The average Bonchev–Trinajstić information content (AvgIpc) is 2.27. The van der Waals surface area contributed by atoms with Crippen molar-refractivity contribution in [2.45, 2.75) is 41.9 Å². The molecule has 1 aromatic carbocycles. The summed E-state index contributed by atoms with van der Waals surface area (Å²) in [5.41, 5.74) is 5.89. The predicted octanol–water partition coefficient (Wildman–Crippen LogP) is 4.36. The minimum absolute atomic E-state index is 0.395. The first kappa shape index (κ1) is 12.6. The van der Waals surface area contributed by atoms with E-state index in [-0.39, 0.29) is 0 Å². The van der Waals surface area contributed by atoms with E-state index in [4.69, 9.17) is 28.9 Å². The lowest BCUT2D eigenvalue weighted by atomic mass is 9.96. The topological polar surface area (TPSA) is 26.0 Å². The highest BCUT2D eigenvalue weighted by molar-refractivity contribution is 8.00. The van der Waals surface area contributed by atoms with Gasteiger partial charge in [-0.25, -0.2) is 0 Å². The van der Waals surface area contributed by atoms with Gasteiger partial charge in [0.25, 0.3) is 0 Å². The molecule has 0 atom stereocenters. The van der Waals surface area contributed by atoms with E-state index in [0.717, 1.165) is 27.8 Å². The lowest BCUT2D eigenvalue weighted by molar-refractivity contribution is 0.451. The van der Waals surface area contributed by atoms with Crippen LogP contribution in [0.5, 0.6) is 0 Å². The van der Waals surface area contributed by atoms with Gasteiger partial charge in [-0.3, -0.25) is 0 Å². The van der Waals surface area contributed by atoms with Crippen LogP contribution in [0, 0.1) is 0 Å². The molecule has 2 rings (SSSR count). The molecule has 16 heavy (non-hydrogen) atoms. The van der Waals surface area contributed by atoms with Gasteiger partial charge in [-0.2, -0.15) is 0 Å². The van der Waals surface area contributed by atoms with Gasteiger partial charge in [0.05, 0.1) is 5.02 Å². The fourth-order valence-electron chi connectivity index (χ4n) is 1.95. The van der Waals surface area contributed by atoms with E-state index in [9.17, 15) is 0 Å². The fraction of sp³-hybridized carbons (Fsp3) is 0.500. The molecule has 1 fully saturated rings. The van der Waals surface area contributed by atoms with Crippen LogP contribution < -0.4 is 5.73 Å². The number of hydrogen-bond donors (Lipinski definition) is 1. The molecule has 88 valence electrons. The maximum Gasteiger partial charge on any atom is 0.0542 e. The fourth-order valence-corrected chi connectivity index (χ4v) is 3.68. The summed E-state index contributed by atoms with van der Waals surface area (Å²) < 4.78 is 0. The van der Waals surface area contributed by atoms with Crippen molar-refractivity contribution in [2.75, 3.05) is 0 Å². The highest BCUT2D eigenvalue weighted by atomic mass is 35.5. The van der Waals surface area contributed by atoms with Gasteiger partial charge in [-0.15, -0.1) is 11.8 Å². The summed E-state index contributed by atoms with van der Waals surface area (Å²) in [6.07, 6.45) is 4.59. The van der Waals surface area contributed by atoms with Gasteiger partial charge < -0.3 is 5.73 Å². The smallest absolute Gasteiger partial charge is 0.0542 e. The van der Waals surface area contributed by atoms with Gasteiger partial charge >= 0.3 is 0 Å². The summed E-state index contributed by atoms with van der Waals surface area (Å²) in [5.74, 6) is 0. The quantitative estimate of drug-likeness (QED) is 0.868. The molecule has 0 aromatic heterocycles. The molecule has 2 N–H and O–H groups in total. The highest BCUT2D eigenvalue weighted by Crippen LogP contribution is 2.37. The molecule has 0 radical (unpaired) electrons. The first-order chi connectivity index (χ1) is 7.65. The lowest BCUT2D eigenvalue weighted by Crippen LogP contribution is -2.27. The molecular weight excluding hydrogens is 261 g/mol. The van der Waals surface area contributed by atoms with Crippen molar-refractivity contribution in [3.8, 4) is 0 Å². The van der Waals surface area contributed by atoms with Crippen LogP contribution in [0.15, 0.2) is 23.1 Å². The molecule has 1 nitrogen and oxygen atoms in total. The Morgan fingerprint density at radius 3 is 2.50 bits per heavy atom. The molecule has 0 aliphatic heterocycles. The Bertz CT molecular complexity index is 362. The number of thioether (sulfide) groups is 1. The molecule has 1 saturated carbocycles. The average molecular weight is 276 g/mol. The van der Waals surface area contributed by atoms with Crippen molar-refractivity contribution in [3.05, 3.63) is 28.2 Å². The second kappa shape index (κ2) is 5.63. The zero-order chi connectivity index (χ0) is 11.5. The molecule has 0 spiro atoms. The van der Waals surface area contributed by atoms with Crippen LogP contribution in [0.2, 0.25) is 10.0 Å². The molecule has 0 heterocycles. The van der Waals surface area contributed by atoms with Gasteiger partial charge in [-0.1, -0.05) is 23.2 Å². The van der Waals surface area contributed by atoms with Gasteiger partial charge in [-0.05, 0) is 43.9 Å². The first-order valence-corrected chi connectivity index (χ1v) is 7.16. The zero-order valence-corrected chi connectivity index (χ0v) is 11.3. The Morgan fingerprint density at radius 2 is 1.81 bits per heavy atom. The molecule has 4 heteroatoms. The standard InChI is InChI=1S/C12H15Cl2NS/c13-8-1-6-11(14)12(7-8)16-10-4-2-9(15)3-5-10/h1,6-7,9-10H,2-5,15H2. The third-order valence-corrected chi connectivity index (χ3v) is 4.98. The zero-order valence-electron chi connectivity index (χ0n) is 8.96. The Labute approximate surface area is 111 Å². The summed E-state index contributed by atoms with van der Waals surface area (Å²) in [6.45, 7) is 0. The summed E-state index contributed by atoms with van der Waals surface area (Å²) in [6, 6.07) is 6.03. The molecule has 0 saturated heterocycles. The van der Waals surface area contributed by atoms with Crippen molar-refractivity contribution in [1.82, 2.24) is 0 Å². The van der Waals surface area contributed by atoms with E-state index in [1.54, 1.807) is 0 Å². The van der Waals surface area contributed by atoms with E-state index in [1.807, 2.05) is 30.0 Å². The van der Waals surface area contributed by atoms with Crippen LogP contribution in [-0.2, 0) is 0 Å². The van der Waals surface area contributed by atoms with Crippen molar-refractivity contribution in [2.24, 2.45) is 5.73 Å². The Kier molecular flexibility index (Phi) is 4.42. The van der Waals surface area contributed by atoms with Crippen LogP contribution in [0.25, 0.3) is 0 Å². The van der Waals surface area contributed by atoms with Crippen LogP contribution >= 0.6 is 35.0 Å². The second-order valence-electron chi connectivity index (χ2n) is 4.23. The van der Waals surface area contributed by atoms with Crippen LogP contribution in [0.4, 0.5) is 0 Å². The molecular formula is C12H15Cl2NS. The largest absolute Gasteiger partial charge is 0.328 e. The molecule has 0 bridgehead atoms. The van der Waals surface area contributed by atoms with Crippen molar-refractivity contribution < 1.29 is 0 Å². The van der Waals surface area contributed by atoms with Crippen molar-refractivity contribution in [3.63, 3.8) is 0 Å². The monoisotopic (exact) mass is 275 g/mol. The van der Waals surface area contributed by atoms with Crippen molar-refractivity contribution in [1.29, 1.82) is 0 Å². The van der Waals surface area contributed by atoms with E-state index in [2.05, 4.69) is 0 Å². The van der Waals surface area contributed by atoms with E-state index in [1.165, 1.54) is 12.8 Å². The van der Waals surface area contributed by atoms with Crippen LogP contribution in [0.1, 0.15) is 25.7 Å². The van der Waals surface area contributed by atoms with E-state index < -0.39 is 0 Å².